The first-order chi connectivity index (χ1) is 12.7. The van der Waals surface area contributed by atoms with Gasteiger partial charge in [-0.05, 0) is 44.1 Å². The van der Waals surface area contributed by atoms with Crippen LogP contribution in [0.5, 0.6) is 11.5 Å². The molecule has 0 saturated carbocycles. The zero-order valence-corrected chi connectivity index (χ0v) is 14.9. The van der Waals surface area contributed by atoms with Crippen LogP contribution < -0.4 is 14.8 Å². The van der Waals surface area contributed by atoms with Crippen LogP contribution in [-0.2, 0) is 0 Å². The van der Waals surface area contributed by atoms with Crippen molar-refractivity contribution in [3.05, 3.63) is 30.3 Å². The Morgan fingerprint density at radius 1 is 1.31 bits per heavy atom. The third-order valence-electron chi connectivity index (χ3n) is 4.87. The molecule has 1 saturated heterocycles. The summed E-state index contributed by atoms with van der Waals surface area (Å²) in [6.45, 7) is 6.16. The molecule has 7 nitrogen and oxygen atoms in total. The SMILES string of the molecule is CCN1CCC[C@H](NC(=O)c2ncoc2-c2ccc3c(c2)OCCO3)C1. The molecule has 0 radical (unpaired) electrons. The molecule has 2 aliphatic rings. The fourth-order valence-corrected chi connectivity index (χ4v) is 3.51. The van der Waals surface area contributed by atoms with E-state index in [9.17, 15) is 4.79 Å². The van der Waals surface area contributed by atoms with E-state index in [2.05, 4.69) is 22.1 Å². The topological polar surface area (TPSA) is 76.8 Å². The standard InChI is InChI=1S/C19H23N3O4/c1-2-22-7-3-4-14(11-22)21-19(23)17-18(26-12-20-17)13-5-6-15-16(10-13)25-9-8-24-15/h5-6,10,12,14H,2-4,7-9,11H2,1H3,(H,21,23)/t14-/m0/s1. The molecule has 26 heavy (non-hydrogen) atoms. The van der Waals surface area contributed by atoms with Gasteiger partial charge in [-0.15, -0.1) is 0 Å². The van der Waals surface area contributed by atoms with E-state index >= 15 is 0 Å². The van der Waals surface area contributed by atoms with Gasteiger partial charge in [-0.3, -0.25) is 4.79 Å². The van der Waals surface area contributed by atoms with Crippen molar-refractivity contribution in [1.82, 2.24) is 15.2 Å². The highest BCUT2D eigenvalue weighted by atomic mass is 16.6. The van der Waals surface area contributed by atoms with E-state index in [1.807, 2.05) is 18.2 Å². The van der Waals surface area contributed by atoms with Crippen LogP contribution in [0.2, 0.25) is 0 Å². The number of hydrogen-bond acceptors (Lipinski definition) is 6. The van der Waals surface area contributed by atoms with Crippen LogP contribution in [-0.4, -0.2) is 54.7 Å². The Bertz CT molecular complexity index is 789. The van der Waals surface area contributed by atoms with E-state index in [0.29, 0.717) is 36.2 Å². The Hall–Kier alpha value is -2.54. The third-order valence-corrected chi connectivity index (χ3v) is 4.87. The number of aromatic nitrogens is 1. The second-order valence-corrected chi connectivity index (χ2v) is 6.59. The summed E-state index contributed by atoms with van der Waals surface area (Å²) >= 11 is 0. The van der Waals surface area contributed by atoms with Gasteiger partial charge >= 0.3 is 0 Å². The number of likely N-dealkylation sites (N-methyl/N-ethyl adjacent to an activating group) is 1. The van der Waals surface area contributed by atoms with Crippen LogP contribution >= 0.6 is 0 Å². The van der Waals surface area contributed by atoms with E-state index in [1.165, 1.54) is 6.39 Å². The summed E-state index contributed by atoms with van der Waals surface area (Å²) in [5.41, 5.74) is 1.05. The van der Waals surface area contributed by atoms with Crippen LogP contribution in [0.1, 0.15) is 30.3 Å². The van der Waals surface area contributed by atoms with E-state index < -0.39 is 0 Å². The molecule has 1 fully saturated rings. The lowest BCUT2D eigenvalue weighted by Crippen LogP contribution is -2.47. The second-order valence-electron chi connectivity index (χ2n) is 6.59. The lowest BCUT2D eigenvalue weighted by atomic mass is 10.0. The predicted octanol–water partition coefficient (Wildman–Crippen LogP) is 2.33. The van der Waals surface area contributed by atoms with E-state index in [4.69, 9.17) is 13.9 Å². The number of hydrogen-bond donors (Lipinski definition) is 1. The number of rotatable bonds is 4. The summed E-state index contributed by atoms with van der Waals surface area (Å²) < 4.78 is 16.7. The Balaban J connectivity index is 1.52. The van der Waals surface area contributed by atoms with Gasteiger partial charge < -0.3 is 24.1 Å². The molecule has 2 aliphatic heterocycles. The summed E-state index contributed by atoms with van der Waals surface area (Å²) in [6.07, 6.45) is 3.38. The Morgan fingerprint density at radius 2 is 2.15 bits per heavy atom. The zero-order chi connectivity index (χ0) is 17.9. The number of benzene rings is 1. The van der Waals surface area contributed by atoms with Gasteiger partial charge in [0.25, 0.3) is 5.91 Å². The predicted molar refractivity (Wildman–Crippen MR) is 95.5 cm³/mol. The summed E-state index contributed by atoms with van der Waals surface area (Å²) in [5, 5.41) is 3.10. The van der Waals surface area contributed by atoms with Crippen molar-refractivity contribution in [3.63, 3.8) is 0 Å². The molecular formula is C19H23N3O4. The molecule has 1 aromatic carbocycles. The monoisotopic (exact) mass is 357 g/mol. The molecule has 0 aliphatic carbocycles. The Labute approximate surface area is 152 Å². The number of oxazole rings is 1. The number of nitrogens with one attached hydrogen (secondary N) is 1. The maximum absolute atomic E-state index is 12.7. The van der Waals surface area contributed by atoms with Crippen LogP contribution in [0.4, 0.5) is 0 Å². The maximum Gasteiger partial charge on any atom is 0.274 e. The van der Waals surface area contributed by atoms with Crippen LogP contribution in [0.3, 0.4) is 0 Å². The lowest BCUT2D eigenvalue weighted by Gasteiger charge is -2.32. The molecule has 3 heterocycles. The van der Waals surface area contributed by atoms with Crippen molar-refractivity contribution in [2.45, 2.75) is 25.8 Å². The Morgan fingerprint density at radius 3 is 3.00 bits per heavy atom. The molecule has 0 bridgehead atoms. The summed E-state index contributed by atoms with van der Waals surface area (Å²) in [5.74, 6) is 1.60. The summed E-state index contributed by atoms with van der Waals surface area (Å²) in [6, 6.07) is 5.64. The number of likely N-dealkylation sites (tertiary alicyclic amines) is 1. The third kappa shape index (κ3) is 3.39. The van der Waals surface area contributed by atoms with Gasteiger partial charge in [-0.2, -0.15) is 0 Å². The first-order valence-corrected chi connectivity index (χ1v) is 9.11. The zero-order valence-electron chi connectivity index (χ0n) is 14.9. The number of amides is 1. The smallest absolute Gasteiger partial charge is 0.274 e. The normalized spacial score (nSPS) is 20.0. The molecule has 1 amide bonds. The highest BCUT2D eigenvalue weighted by Crippen LogP contribution is 2.35. The first-order valence-electron chi connectivity index (χ1n) is 9.11. The van der Waals surface area contributed by atoms with Crippen molar-refractivity contribution in [3.8, 4) is 22.8 Å². The second kappa shape index (κ2) is 7.37. The Kier molecular flexibility index (Phi) is 4.79. The molecule has 1 atom stereocenters. The molecule has 4 rings (SSSR count). The van der Waals surface area contributed by atoms with Crippen LogP contribution in [0, 0.1) is 0 Å². The van der Waals surface area contributed by atoms with Crippen molar-refractivity contribution in [1.29, 1.82) is 0 Å². The van der Waals surface area contributed by atoms with Gasteiger partial charge in [0.15, 0.2) is 29.3 Å². The minimum absolute atomic E-state index is 0.140. The van der Waals surface area contributed by atoms with Gasteiger partial charge in [0.2, 0.25) is 0 Å². The minimum atomic E-state index is -0.202. The van der Waals surface area contributed by atoms with E-state index in [1.54, 1.807) is 0 Å². The fraction of sp³-hybridized carbons (Fsp3) is 0.474. The summed E-state index contributed by atoms with van der Waals surface area (Å²) in [4.78, 5) is 19.2. The minimum Gasteiger partial charge on any atom is -0.486 e. The van der Waals surface area contributed by atoms with Crippen molar-refractivity contribution < 1.29 is 18.7 Å². The molecule has 1 aromatic heterocycles. The number of ether oxygens (including phenoxy) is 2. The summed E-state index contributed by atoms with van der Waals surface area (Å²) in [7, 11) is 0. The number of carbonyl (C=O) groups is 1. The fourth-order valence-electron chi connectivity index (χ4n) is 3.51. The average Bonchev–Trinajstić information content (AvgIpc) is 3.18. The molecule has 2 aromatic rings. The van der Waals surface area contributed by atoms with Gasteiger partial charge in [-0.25, -0.2) is 4.98 Å². The maximum atomic E-state index is 12.7. The first kappa shape index (κ1) is 16.9. The largest absolute Gasteiger partial charge is 0.486 e. The number of carbonyl (C=O) groups excluding carboxylic acids is 1. The molecule has 7 heteroatoms. The van der Waals surface area contributed by atoms with Crippen molar-refractivity contribution >= 4 is 5.91 Å². The van der Waals surface area contributed by atoms with Crippen molar-refractivity contribution in [2.24, 2.45) is 0 Å². The molecule has 138 valence electrons. The quantitative estimate of drug-likeness (QED) is 0.905. The van der Waals surface area contributed by atoms with Crippen LogP contribution in [0.25, 0.3) is 11.3 Å². The van der Waals surface area contributed by atoms with Gasteiger partial charge in [0.05, 0.1) is 0 Å². The lowest BCUT2D eigenvalue weighted by molar-refractivity contribution is 0.0901. The highest BCUT2D eigenvalue weighted by Gasteiger charge is 2.25. The molecule has 0 spiro atoms. The van der Waals surface area contributed by atoms with Crippen molar-refractivity contribution in [2.75, 3.05) is 32.8 Å². The highest BCUT2D eigenvalue weighted by molar-refractivity contribution is 5.97. The average molecular weight is 357 g/mol. The van der Waals surface area contributed by atoms with Crippen LogP contribution in [0.15, 0.2) is 29.0 Å². The van der Waals surface area contributed by atoms with E-state index in [-0.39, 0.29) is 11.9 Å². The number of piperidine rings is 1. The van der Waals surface area contributed by atoms with Gasteiger partial charge in [0.1, 0.15) is 13.2 Å². The number of fused-ring (bicyclic) bond motifs is 1. The molecular weight excluding hydrogens is 334 g/mol. The van der Waals surface area contributed by atoms with Gasteiger partial charge in [-0.1, -0.05) is 6.92 Å². The van der Waals surface area contributed by atoms with Gasteiger partial charge in [0, 0.05) is 18.2 Å². The number of nitrogens with zero attached hydrogens (tertiary/aromatic N) is 2. The molecule has 1 N–H and O–H groups in total. The van der Waals surface area contributed by atoms with E-state index in [0.717, 1.165) is 38.0 Å². The molecule has 0 unspecified atom stereocenters.